The number of hydrogen-bond acceptors (Lipinski definition) is 3. The summed E-state index contributed by atoms with van der Waals surface area (Å²) in [6.07, 6.45) is 9.67. The molecule has 0 radical (unpaired) electrons. The average Bonchev–Trinajstić information content (AvgIpc) is 3.26. The molecule has 0 spiro atoms. The maximum atomic E-state index is 6.29. The third-order valence-corrected chi connectivity index (χ3v) is 6.21. The van der Waals surface area contributed by atoms with Crippen LogP contribution in [0.3, 0.4) is 0 Å². The van der Waals surface area contributed by atoms with E-state index in [0.717, 1.165) is 24.5 Å². The third-order valence-electron chi connectivity index (χ3n) is 6.21. The molecular weight excluding hydrogens is 246 g/mol. The smallest absolute Gasteiger partial charge is 0.0473 e. The quantitative estimate of drug-likeness (QED) is 0.858. The van der Waals surface area contributed by atoms with Gasteiger partial charge in [0, 0.05) is 30.7 Å². The molecule has 0 aromatic rings. The molecule has 2 heterocycles. The fraction of sp³-hybridized carbons (Fsp3) is 1.00. The van der Waals surface area contributed by atoms with Crippen molar-refractivity contribution in [3.05, 3.63) is 0 Å². The highest BCUT2D eigenvalue weighted by Crippen LogP contribution is 2.40. The van der Waals surface area contributed by atoms with E-state index in [9.17, 15) is 0 Å². The summed E-state index contributed by atoms with van der Waals surface area (Å²) in [6, 6.07) is 1.62. The van der Waals surface area contributed by atoms with Crippen molar-refractivity contribution in [2.24, 2.45) is 11.7 Å². The van der Waals surface area contributed by atoms with Gasteiger partial charge in [0.05, 0.1) is 0 Å². The van der Waals surface area contributed by atoms with Gasteiger partial charge in [0.2, 0.25) is 0 Å². The summed E-state index contributed by atoms with van der Waals surface area (Å²) in [7, 11) is 0. The second kappa shape index (κ2) is 5.94. The van der Waals surface area contributed by atoms with Crippen LogP contribution in [0, 0.1) is 5.92 Å². The van der Waals surface area contributed by atoms with Gasteiger partial charge in [-0.05, 0) is 64.5 Å². The highest BCUT2D eigenvalue weighted by molar-refractivity contribution is 5.07. The van der Waals surface area contributed by atoms with Crippen LogP contribution < -0.4 is 5.73 Å². The third kappa shape index (κ3) is 2.77. The van der Waals surface area contributed by atoms with E-state index in [0.29, 0.717) is 0 Å². The minimum absolute atomic E-state index is 0.282. The lowest BCUT2D eigenvalue weighted by Crippen LogP contribution is -2.56. The zero-order valence-electron chi connectivity index (χ0n) is 13.5. The van der Waals surface area contributed by atoms with Crippen molar-refractivity contribution in [2.75, 3.05) is 26.2 Å². The zero-order chi connectivity index (χ0) is 14.2. The second-order valence-corrected chi connectivity index (χ2v) is 7.58. The highest BCUT2D eigenvalue weighted by Gasteiger charge is 2.49. The summed E-state index contributed by atoms with van der Waals surface area (Å²) in [5.41, 5.74) is 6.58. The van der Waals surface area contributed by atoms with Gasteiger partial charge < -0.3 is 5.73 Å². The molecule has 0 bridgehead atoms. The summed E-state index contributed by atoms with van der Waals surface area (Å²) in [5.74, 6) is 0.952. The van der Waals surface area contributed by atoms with E-state index in [1.807, 2.05) is 0 Å². The average molecular weight is 279 g/mol. The lowest BCUT2D eigenvalue weighted by Gasteiger charge is -2.40. The first-order valence-electron chi connectivity index (χ1n) is 8.89. The Morgan fingerprint density at radius 3 is 2.60 bits per heavy atom. The Kier molecular flexibility index (Phi) is 4.40. The van der Waals surface area contributed by atoms with Crippen LogP contribution >= 0.6 is 0 Å². The molecule has 0 amide bonds. The van der Waals surface area contributed by atoms with Crippen molar-refractivity contribution in [1.29, 1.82) is 0 Å². The summed E-state index contributed by atoms with van der Waals surface area (Å²) in [4.78, 5) is 5.54. The standard InChI is InChI=1S/C17H33N3/c1-3-15-5-4-9-19(10-8-15)17(12-18)11-14(2)20(13-17)16-6-7-16/h14-16H,3-13,18H2,1-2H3. The van der Waals surface area contributed by atoms with Crippen LogP contribution in [-0.2, 0) is 0 Å². The minimum atomic E-state index is 0.282. The molecule has 1 saturated carbocycles. The molecule has 2 N–H and O–H groups in total. The fourth-order valence-corrected chi connectivity index (χ4v) is 4.68. The van der Waals surface area contributed by atoms with Crippen LogP contribution in [0.5, 0.6) is 0 Å². The summed E-state index contributed by atoms with van der Waals surface area (Å²) >= 11 is 0. The maximum Gasteiger partial charge on any atom is 0.0473 e. The zero-order valence-corrected chi connectivity index (χ0v) is 13.5. The van der Waals surface area contributed by atoms with Crippen molar-refractivity contribution in [3.8, 4) is 0 Å². The molecule has 20 heavy (non-hydrogen) atoms. The van der Waals surface area contributed by atoms with Crippen LogP contribution in [0.15, 0.2) is 0 Å². The van der Waals surface area contributed by atoms with E-state index >= 15 is 0 Å². The Morgan fingerprint density at radius 2 is 1.95 bits per heavy atom. The molecule has 3 aliphatic rings. The Hall–Kier alpha value is -0.120. The van der Waals surface area contributed by atoms with E-state index in [2.05, 4.69) is 23.6 Å². The lowest BCUT2D eigenvalue weighted by molar-refractivity contribution is 0.1000. The number of nitrogens with zero attached hydrogens (tertiary/aromatic N) is 2. The largest absolute Gasteiger partial charge is 0.329 e. The second-order valence-electron chi connectivity index (χ2n) is 7.58. The van der Waals surface area contributed by atoms with E-state index in [-0.39, 0.29) is 5.54 Å². The number of rotatable bonds is 4. The number of hydrogen-bond donors (Lipinski definition) is 1. The van der Waals surface area contributed by atoms with Gasteiger partial charge >= 0.3 is 0 Å². The van der Waals surface area contributed by atoms with Gasteiger partial charge in [0.25, 0.3) is 0 Å². The Bertz CT molecular complexity index is 328. The first kappa shape index (κ1) is 14.8. The van der Waals surface area contributed by atoms with Gasteiger partial charge in [-0.2, -0.15) is 0 Å². The van der Waals surface area contributed by atoms with Crippen LogP contribution in [-0.4, -0.2) is 53.6 Å². The van der Waals surface area contributed by atoms with Crippen LogP contribution in [0.25, 0.3) is 0 Å². The predicted octanol–water partition coefficient (Wildman–Crippen LogP) is 2.45. The molecule has 2 aliphatic heterocycles. The van der Waals surface area contributed by atoms with Gasteiger partial charge in [-0.3, -0.25) is 9.80 Å². The lowest BCUT2D eigenvalue weighted by atomic mass is 9.93. The maximum absolute atomic E-state index is 6.29. The first-order valence-corrected chi connectivity index (χ1v) is 8.89. The Morgan fingerprint density at radius 1 is 1.15 bits per heavy atom. The summed E-state index contributed by atoms with van der Waals surface area (Å²) < 4.78 is 0. The molecule has 3 nitrogen and oxygen atoms in total. The van der Waals surface area contributed by atoms with Crippen molar-refractivity contribution >= 4 is 0 Å². The Labute approximate surface area is 124 Å². The molecule has 116 valence electrons. The molecule has 1 aliphatic carbocycles. The number of nitrogens with two attached hydrogens (primary N) is 1. The number of likely N-dealkylation sites (tertiary alicyclic amines) is 2. The molecule has 3 heteroatoms. The Balaban J connectivity index is 1.69. The van der Waals surface area contributed by atoms with Crippen LogP contribution in [0.2, 0.25) is 0 Å². The topological polar surface area (TPSA) is 32.5 Å². The van der Waals surface area contributed by atoms with Gasteiger partial charge in [-0.25, -0.2) is 0 Å². The van der Waals surface area contributed by atoms with Crippen molar-refractivity contribution in [3.63, 3.8) is 0 Å². The monoisotopic (exact) mass is 279 g/mol. The molecule has 0 aromatic heterocycles. The molecule has 0 aromatic carbocycles. The van der Waals surface area contributed by atoms with Crippen LogP contribution in [0.1, 0.15) is 58.8 Å². The molecule has 2 saturated heterocycles. The molecule has 3 unspecified atom stereocenters. The normalized spacial score (nSPS) is 41.0. The minimum Gasteiger partial charge on any atom is -0.329 e. The van der Waals surface area contributed by atoms with Crippen molar-refractivity contribution < 1.29 is 0 Å². The van der Waals surface area contributed by atoms with Crippen molar-refractivity contribution in [1.82, 2.24) is 9.80 Å². The van der Waals surface area contributed by atoms with Crippen LogP contribution in [0.4, 0.5) is 0 Å². The van der Waals surface area contributed by atoms with E-state index in [4.69, 9.17) is 5.73 Å². The van der Waals surface area contributed by atoms with Gasteiger partial charge in [0.15, 0.2) is 0 Å². The molecule has 3 rings (SSSR count). The molecule has 3 atom stereocenters. The molecular formula is C17H33N3. The SMILES string of the molecule is CCC1CCCN(C2(CN)CC(C)N(C3CC3)C2)CC1. The van der Waals surface area contributed by atoms with E-state index in [1.54, 1.807) is 0 Å². The van der Waals surface area contributed by atoms with Gasteiger partial charge in [-0.15, -0.1) is 0 Å². The predicted molar refractivity (Wildman–Crippen MR) is 84.8 cm³/mol. The van der Waals surface area contributed by atoms with Gasteiger partial charge in [-0.1, -0.05) is 13.3 Å². The molecule has 3 fully saturated rings. The summed E-state index contributed by atoms with van der Waals surface area (Å²) in [5, 5.41) is 0. The highest BCUT2D eigenvalue weighted by atomic mass is 15.3. The summed E-state index contributed by atoms with van der Waals surface area (Å²) in [6.45, 7) is 9.40. The van der Waals surface area contributed by atoms with Gasteiger partial charge in [0.1, 0.15) is 0 Å². The van der Waals surface area contributed by atoms with Crippen molar-refractivity contribution in [2.45, 2.75) is 76.4 Å². The van der Waals surface area contributed by atoms with E-state index in [1.165, 1.54) is 64.6 Å². The van der Waals surface area contributed by atoms with E-state index < -0.39 is 0 Å². The first-order chi connectivity index (χ1) is 9.68. The fourth-order valence-electron chi connectivity index (χ4n) is 4.68.